The Balaban J connectivity index is 3.58. The van der Waals surface area contributed by atoms with Crippen LogP contribution in [0.3, 0.4) is 0 Å². The number of hydrogen-bond donors (Lipinski definition) is 2. The summed E-state index contributed by atoms with van der Waals surface area (Å²) in [7, 11) is -1.71. The van der Waals surface area contributed by atoms with Gasteiger partial charge in [0.1, 0.15) is 0 Å². The highest BCUT2D eigenvalue weighted by Gasteiger charge is 2.00. The van der Waals surface area contributed by atoms with E-state index in [2.05, 4.69) is 0 Å². The van der Waals surface area contributed by atoms with Crippen molar-refractivity contribution in [3.8, 4) is 0 Å². The molecule has 0 aliphatic rings. The second-order valence-corrected chi connectivity index (χ2v) is 6.47. The molecule has 4 N–H and O–H groups in total. The van der Waals surface area contributed by atoms with Crippen LogP contribution >= 0.6 is 0 Å². The fourth-order valence-electron chi connectivity index (χ4n) is 1.07. The van der Waals surface area contributed by atoms with E-state index in [1.807, 2.05) is 0 Å². The average Bonchev–Trinajstić information content (AvgIpc) is 2.37. The highest BCUT2D eigenvalue weighted by molar-refractivity contribution is 6.32. The summed E-state index contributed by atoms with van der Waals surface area (Å²) in [5.41, 5.74) is 10.6. The van der Waals surface area contributed by atoms with Gasteiger partial charge in [0, 0.05) is 12.2 Å². The lowest BCUT2D eigenvalue weighted by molar-refractivity contribution is -0.131. The molecule has 0 radical (unpaired) electrons. The zero-order valence-corrected chi connectivity index (χ0v) is 13.4. The van der Waals surface area contributed by atoms with E-state index in [4.69, 9.17) is 20.3 Å². The van der Waals surface area contributed by atoms with Crippen LogP contribution in [0.25, 0.3) is 0 Å². The van der Waals surface area contributed by atoms with E-state index in [0.717, 1.165) is 37.1 Å². The van der Waals surface area contributed by atoms with Crippen molar-refractivity contribution in [1.82, 2.24) is 0 Å². The normalized spacial score (nSPS) is 11.9. The maximum absolute atomic E-state index is 11.2. The molecule has 0 aromatic carbocycles. The van der Waals surface area contributed by atoms with Gasteiger partial charge < -0.3 is 20.3 Å². The van der Waals surface area contributed by atoms with Crippen molar-refractivity contribution in [2.45, 2.75) is 24.9 Å². The molecule has 8 heteroatoms. The Morgan fingerprint density at radius 2 is 1.28 bits per heavy atom. The Morgan fingerprint density at radius 3 is 1.61 bits per heavy atom. The van der Waals surface area contributed by atoms with E-state index in [9.17, 15) is 9.59 Å². The Bertz CT molecular complexity index is 249. The molecule has 104 valence electrons. The van der Waals surface area contributed by atoms with Crippen LogP contribution in [0.2, 0.25) is 12.1 Å². The Labute approximate surface area is 112 Å². The molecule has 0 aliphatic carbocycles. The van der Waals surface area contributed by atoms with Crippen molar-refractivity contribution in [2.75, 3.05) is 13.1 Å². The largest absolute Gasteiger partial charge is 0.522 e. The van der Waals surface area contributed by atoms with Crippen molar-refractivity contribution in [3.05, 3.63) is 12.2 Å². The Morgan fingerprint density at radius 1 is 0.889 bits per heavy atom. The minimum atomic E-state index is -0.853. The van der Waals surface area contributed by atoms with Gasteiger partial charge in [0.15, 0.2) is 0 Å². The van der Waals surface area contributed by atoms with Gasteiger partial charge in [-0.15, -0.1) is 0 Å². The molecule has 0 heterocycles. The minimum Gasteiger partial charge on any atom is -0.522 e. The average molecular weight is 290 g/mol. The first-order valence-electron chi connectivity index (χ1n) is 6.12. The quantitative estimate of drug-likeness (QED) is 0.283. The van der Waals surface area contributed by atoms with Crippen molar-refractivity contribution in [1.29, 1.82) is 0 Å². The monoisotopic (exact) mass is 290 g/mol. The lowest BCUT2D eigenvalue weighted by Crippen LogP contribution is -2.10. The van der Waals surface area contributed by atoms with Gasteiger partial charge in [-0.05, 0) is 38.0 Å². The summed E-state index contributed by atoms with van der Waals surface area (Å²) in [5.74, 6) is -0.946. The SMILES string of the molecule is NCCC[SiH2]OC(=O)/C=C/C(=O)O[SiH2]CCCN. The van der Waals surface area contributed by atoms with Gasteiger partial charge in [0.2, 0.25) is 19.5 Å². The van der Waals surface area contributed by atoms with Crippen LogP contribution in [0.15, 0.2) is 12.2 Å². The smallest absolute Gasteiger partial charge is 0.317 e. The van der Waals surface area contributed by atoms with E-state index in [0.29, 0.717) is 13.1 Å². The summed E-state index contributed by atoms with van der Waals surface area (Å²) in [6, 6.07) is 1.74. The topological polar surface area (TPSA) is 105 Å². The van der Waals surface area contributed by atoms with Gasteiger partial charge in [0.25, 0.3) is 0 Å². The van der Waals surface area contributed by atoms with Gasteiger partial charge >= 0.3 is 11.9 Å². The van der Waals surface area contributed by atoms with Crippen molar-refractivity contribution in [2.24, 2.45) is 11.5 Å². The van der Waals surface area contributed by atoms with Crippen molar-refractivity contribution < 1.29 is 18.4 Å². The lowest BCUT2D eigenvalue weighted by atomic mass is 10.5. The predicted octanol–water partition coefficient (Wildman–Crippen LogP) is -1.67. The van der Waals surface area contributed by atoms with Crippen LogP contribution < -0.4 is 11.5 Å². The van der Waals surface area contributed by atoms with Crippen molar-refractivity contribution >= 4 is 31.5 Å². The molecule has 0 amide bonds. The standard InChI is InChI=1S/C10H22N2O4Si2/c11-5-1-7-17-15-9(13)3-4-10(14)16-18-8-2-6-12/h3-4H,1-2,5-8,11-12,17-18H2/b4-3+. The number of rotatable bonds is 10. The fraction of sp³-hybridized carbons (Fsp3) is 0.600. The Kier molecular flexibility index (Phi) is 11.8. The molecule has 0 saturated heterocycles. The first kappa shape index (κ1) is 17.0. The van der Waals surface area contributed by atoms with Gasteiger partial charge in [-0.1, -0.05) is 0 Å². The summed E-state index contributed by atoms with van der Waals surface area (Å²) in [5, 5.41) is 0. The highest BCUT2D eigenvalue weighted by atomic mass is 28.2. The second kappa shape index (κ2) is 12.5. The molecule has 18 heavy (non-hydrogen) atoms. The second-order valence-electron chi connectivity index (χ2n) is 3.66. The molecular formula is C10H22N2O4Si2. The fourth-order valence-corrected chi connectivity index (χ4v) is 2.94. The molecule has 0 spiro atoms. The Hall–Kier alpha value is -0.966. The number of carbonyl (C=O) groups is 2. The first-order valence-corrected chi connectivity index (χ1v) is 9.28. The van der Waals surface area contributed by atoms with Crippen LogP contribution in [0.1, 0.15) is 12.8 Å². The van der Waals surface area contributed by atoms with Crippen LogP contribution in [-0.4, -0.2) is 44.6 Å². The third kappa shape index (κ3) is 11.5. The third-order valence-electron chi connectivity index (χ3n) is 2.04. The first-order chi connectivity index (χ1) is 8.70. The molecule has 0 bridgehead atoms. The van der Waals surface area contributed by atoms with Crippen LogP contribution in [0, 0.1) is 0 Å². The van der Waals surface area contributed by atoms with E-state index in [1.165, 1.54) is 0 Å². The maximum atomic E-state index is 11.2. The molecule has 0 saturated carbocycles. The number of carbonyl (C=O) groups excluding carboxylic acids is 2. The van der Waals surface area contributed by atoms with Gasteiger partial charge in [0.05, 0.1) is 0 Å². The maximum Gasteiger partial charge on any atom is 0.317 e. The molecule has 0 unspecified atom stereocenters. The zero-order valence-electron chi connectivity index (χ0n) is 10.6. The van der Waals surface area contributed by atoms with Gasteiger partial charge in [-0.3, -0.25) is 0 Å². The molecular weight excluding hydrogens is 268 g/mol. The molecule has 0 aliphatic heterocycles. The molecule has 0 aromatic rings. The highest BCUT2D eigenvalue weighted by Crippen LogP contribution is 1.91. The van der Waals surface area contributed by atoms with E-state index >= 15 is 0 Å². The predicted molar refractivity (Wildman–Crippen MR) is 75.4 cm³/mol. The summed E-state index contributed by atoms with van der Waals surface area (Å²) in [6.45, 7) is 1.22. The number of nitrogens with two attached hydrogens (primary N) is 2. The van der Waals surface area contributed by atoms with Gasteiger partial charge in [-0.2, -0.15) is 0 Å². The van der Waals surface area contributed by atoms with Crippen LogP contribution in [-0.2, 0) is 18.4 Å². The summed E-state index contributed by atoms with van der Waals surface area (Å²) in [6.07, 6.45) is 3.99. The van der Waals surface area contributed by atoms with Crippen LogP contribution in [0.5, 0.6) is 0 Å². The third-order valence-corrected chi connectivity index (χ3v) is 4.60. The zero-order chi connectivity index (χ0) is 13.6. The molecule has 6 nitrogen and oxygen atoms in total. The van der Waals surface area contributed by atoms with E-state index in [-0.39, 0.29) is 0 Å². The summed E-state index contributed by atoms with van der Waals surface area (Å²) >= 11 is 0. The summed E-state index contributed by atoms with van der Waals surface area (Å²) < 4.78 is 9.96. The molecule has 0 aromatic heterocycles. The van der Waals surface area contributed by atoms with E-state index in [1.54, 1.807) is 0 Å². The summed E-state index contributed by atoms with van der Waals surface area (Å²) in [4.78, 5) is 22.3. The molecule has 0 atom stereocenters. The lowest BCUT2D eigenvalue weighted by Gasteiger charge is -2.01. The van der Waals surface area contributed by atoms with Crippen LogP contribution in [0.4, 0.5) is 0 Å². The van der Waals surface area contributed by atoms with Gasteiger partial charge in [-0.25, -0.2) is 9.59 Å². The van der Waals surface area contributed by atoms with Crippen molar-refractivity contribution in [3.63, 3.8) is 0 Å². The van der Waals surface area contributed by atoms with E-state index < -0.39 is 31.5 Å². The number of hydrogen-bond acceptors (Lipinski definition) is 6. The minimum absolute atomic E-state index is 0.473. The molecule has 0 rings (SSSR count). The molecule has 0 fully saturated rings.